The zero-order valence-electron chi connectivity index (χ0n) is 16.9. The van der Waals surface area contributed by atoms with Gasteiger partial charge in [0.25, 0.3) is 0 Å². The summed E-state index contributed by atoms with van der Waals surface area (Å²) >= 11 is 3.38. The van der Waals surface area contributed by atoms with E-state index >= 15 is 4.39 Å². The molecule has 0 bridgehead atoms. The van der Waals surface area contributed by atoms with Crippen LogP contribution < -0.4 is 20.7 Å². The second kappa shape index (κ2) is 8.71. The van der Waals surface area contributed by atoms with Gasteiger partial charge in [-0.25, -0.2) is 0 Å². The maximum atomic E-state index is 15.3. The van der Waals surface area contributed by atoms with Crippen LogP contribution in [-0.4, -0.2) is 13.8 Å². The molecule has 4 heteroatoms. The summed E-state index contributed by atoms with van der Waals surface area (Å²) in [4.78, 5) is 0. The molecule has 0 aliphatic heterocycles. The van der Waals surface area contributed by atoms with Crippen molar-refractivity contribution in [2.45, 2.75) is 0 Å². The van der Waals surface area contributed by atoms with Gasteiger partial charge in [0.05, 0.1) is 0 Å². The third-order valence-electron chi connectivity index (χ3n) is 5.68. The van der Waals surface area contributed by atoms with E-state index in [9.17, 15) is 0 Å². The van der Waals surface area contributed by atoms with E-state index in [-0.39, 0.29) is 5.82 Å². The van der Waals surface area contributed by atoms with Crippen LogP contribution in [0.2, 0.25) is 0 Å². The first-order valence-corrected chi connectivity index (χ1v) is 13.1. The van der Waals surface area contributed by atoms with Gasteiger partial charge in [0, 0.05) is 0 Å². The minimum absolute atomic E-state index is 0.300. The Morgan fingerprint density at radius 3 is 1.87 bits per heavy atom. The molecular weight excluding hydrogens is 458 g/mol. The summed E-state index contributed by atoms with van der Waals surface area (Å²) in [6, 6.07) is 32.6. The van der Waals surface area contributed by atoms with Crippen LogP contribution in [0.3, 0.4) is 0 Å². The summed E-state index contributed by atoms with van der Waals surface area (Å²) in [5.41, 5.74) is 1.38. The van der Waals surface area contributed by atoms with E-state index in [1.165, 1.54) is 16.7 Å². The molecule has 0 atom stereocenters. The normalized spacial score (nSPS) is 11.9. The van der Waals surface area contributed by atoms with Crippen LogP contribution in [0.15, 0.2) is 102 Å². The van der Waals surface area contributed by atoms with E-state index in [0.29, 0.717) is 15.8 Å². The van der Waals surface area contributed by atoms with Gasteiger partial charge in [-0.3, -0.25) is 0 Å². The fourth-order valence-electron chi connectivity index (χ4n) is 4.13. The average molecular weight is 481 g/mol. The molecule has 0 aromatic heterocycles. The fraction of sp³-hybridized carbons (Fsp3) is 0.0769. The van der Waals surface area contributed by atoms with Crippen molar-refractivity contribution in [1.82, 2.24) is 0 Å². The molecule has 0 saturated heterocycles. The second-order valence-electron chi connectivity index (χ2n) is 7.37. The van der Waals surface area contributed by atoms with E-state index in [4.69, 9.17) is 4.74 Å². The first-order chi connectivity index (χ1) is 14.6. The molecule has 0 heterocycles. The van der Waals surface area contributed by atoms with E-state index in [2.05, 4.69) is 77.2 Å². The number of rotatable bonds is 5. The maximum absolute atomic E-state index is 15.3. The Morgan fingerprint density at radius 1 is 0.767 bits per heavy atom. The molecule has 1 nitrogen and oxygen atoms in total. The van der Waals surface area contributed by atoms with Crippen molar-refractivity contribution in [2.75, 3.05) is 13.8 Å². The van der Waals surface area contributed by atoms with Crippen LogP contribution in [0.5, 0.6) is 5.75 Å². The van der Waals surface area contributed by atoms with Crippen LogP contribution >= 0.6 is 23.2 Å². The second-order valence-corrected chi connectivity index (χ2v) is 12.2. The number of benzene rings is 4. The number of methoxy groups -OCH3 is 1. The Morgan fingerprint density at radius 2 is 1.30 bits per heavy atom. The summed E-state index contributed by atoms with van der Waals surface area (Å²) in [5.74, 6) is 0.220. The molecule has 4 rings (SSSR count). The molecule has 0 N–H and O–H groups in total. The van der Waals surface area contributed by atoms with Crippen LogP contribution in [0.1, 0.15) is 0 Å². The van der Waals surface area contributed by atoms with Gasteiger partial charge in [-0.1, -0.05) is 0 Å². The molecule has 0 radical (unpaired) electrons. The van der Waals surface area contributed by atoms with Gasteiger partial charge >= 0.3 is 186 Å². The molecule has 152 valence electrons. The van der Waals surface area contributed by atoms with Gasteiger partial charge in [-0.05, 0) is 0 Å². The Labute approximate surface area is 186 Å². The molecule has 30 heavy (non-hydrogen) atoms. The molecule has 0 fully saturated rings. The third-order valence-corrected chi connectivity index (χ3v) is 10.6. The molecule has 0 saturated carbocycles. The van der Waals surface area contributed by atoms with E-state index in [1.807, 2.05) is 36.4 Å². The van der Waals surface area contributed by atoms with Crippen molar-refractivity contribution in [1.29, 1.82) is 0 Å². The van der Waals surface area contributed by atoms with Gasteiger partial charge in [0.2, 0.25) is 0 Å². The Hall–Kier alpha value is -2.48. The molecule has 0 aliphatic rings. The van der Waals surface area contributed by atoms with Crippen LogP contribution in [0.4, 0.5) is 4.39 Å². The van der Waals surface area contributed by atoms with Gasteiger partial charge in [0.1, 0.15) is 0 Å². The fourth-order valence-corrected chi connectivity index (χ4v) is 8.39. The number of hydrogen-bond acceptors (Lipinski definition) is 1. The molecule has 0 unspecified atom stereocenters. The third kappa shape index (κ3) is 3.69. The average Bonchev–Trinajstić information content (AvgIpc) is 2.79. The van der Waals surface area contributed by atoms with Crippen LogP contribution in [0.25, 0.3) is 11.1 Å². The number of halogens is 2. The summed E-state index contributed by atoms with van der Waals surface area (Å²) in [6.07, 6.45) is 0. The standard InChI is InChI=1S/C26H23BrFOP/c1-29-24-18-19(27)17-23(28)26(24)22-15-9-10-16-25(22)30(2,20-11-5-3-6-12-20)21-13-7-4-8-14-21/h3-18,30H,1-2H3. The molecule has 4 aromatic rings. The van der Waals surface area contributed by atoms with Crippen LogP contribution in [0, 0.1) is 5.82 Å². The van der Waals surface area contributed by atoms with Gasteiger partial charge in [-0.15, -0.1) is 0 Å². The number of hydrogen-bond donors (Lipinski definition) is 0. The predicted molar refractivity (Wildman–Crippen MR) is 132 cm³/mol. The Kier molecular flexibility index (Phi) is 6.04. The Balaban J connectivity index is 2.06. The minimum atomic E-state index is -2.41. The molecule has 0 aliphatic carbocycles. The van der Waals surface area contributed by atoms with Crippen molar-refractivity contribution in [2.24, 2.45) is 0 Å². The van der Waals surface area contributed by atoms with Crippen molar-refractivity contribution in [3.8, 4) is 16.9 Å². The summed E-state index contributed by atoms with van der Waals surface area (Å²) < 4.78 is 21.5. The van der Waals surface area contributed by atoms with Crippen molar-refractivity contribution >= 4 is 39.1 Å². The van der Waals surface area contributed by atoms with Gasteiger partial charge < -0.3 is 0 Å². The van der Waals surface area contributed by atoms with E-state index in [1.54, 1.807) is 7.11 Å². The molecule has 0 spiro atoms. The SMILES string of the molecule is COc1cc(Br)cc(F)c1-c1ccccc1[PH](C)(c1ccccc1)c1ccccc1. The first kappa shape index (κ1) is 20.8. The predicted octanol–water partition coefficient (Wildman–Crippen LogP) is 5.92. The van der Waals surface area contributed by atoms with Crippen molar-refractivity contribution in [3.05, 3.63) is 107 Å². The van der Waals surface area contributed by atoms with E-state index in [0.717, 1.165) is 10.9 Å². The zero-order valence-corrected chi connectivity index (χ0v) is 19.5. The van der Waals surface area contributed by atoms with E-state index < -0.39 is 7.26 Å². The summed E-state index contributed by atoms with van der Waals surface area (Å²) in [7, 11) is -0.830. The molecule has 4 aromatic carbocycles. The molecule has 0 amide bonds. The molecular formula is C26H23BrFOP. The topological polar surface area (TPSA) is 9.23 Å². The summed E-state index contributed by atoms with van der Waals surface area (Å²) in [5, 5.41) is 3.71. The van der Waals surface area contributed by atoms with Crippen LogP contribution in [-0.2, 0) is 0 Å². The number of ether oxygens (including phenoxy) is 1. The first-order valence-electron chi connectivity index (χ1n) is 9.79. The Bertz CT molecular complexity index is 1120. The quantitative estimate of drug-likeness (QED) is 0.322. The zero-order chi connectivity index (χ0) is 21.1. The summed E-state index contributed by atoms with van der Waals surface area (Å²) in [6.45, 7) is 2.33. The monoisotopic (exact) mass is 480 g/mol. The van der Waals surface area contributed by atoms with Crippen molar-refractivity contribution in [3.63, 3.8) is 0 Å². The van der Waals surface area contributed by atoms with Gasteiger partial charge in [0.15, 0.2) is 0 Å². The van der Waals surface area contributed by atoms with Gasteiger partial charge in [-0.2, -0.15) is 0 Å². The van der Waals surface area contributed by atoms with Crippen molar-refractivity contribution < 1.29 is 9.13 Å².